The van der Waals surface area contributed by atoms with Gasteiger partial charge in [0, 0.05) is 27.6 Å². The molecule has 4 aromatic rings. The van der Waals surface area contributed by atoms with Crippen LogP contribution in [0.1, 0.15) is 38.0 Å². The highest BCUT2D eigenvalue weighted by Crippen LogP contribution is 2.41. The predicted octanol–water partition coefficient (Wildman–Crippen LogP) is 5.77. The summed E-state index contributed by atoms with van der Waals surface area (Å²) in [6, 6.07) is 21.0. The van der Waals surface area contributed by atoms with Crippen molar-refractivity contribution < 1.29 is 14.2 Å². The van der Waals surface area contributed by atoms with Crippen molar-refractivity contribution in [1.29, 1.82) is 0 Å². The number of H-pyrrole nitrogens is 1. The average molecular weight is 433 g/mol. The number of aromatic amines is 1. The molecule has 2 heterocycles. The molecule has 4 rings (SSSR count). The van der Waals surface area contributed by atoms with E-state index in [0.29, 0.717) is 16.1 Å². The van der Waals surface area contributed by atoms with Gasteiger partial charge in [0.25, 0.3) is 11.7 Å². The highest BCUT2D eigenvalue weighted by Gasteiger charge is 2.30. The van der Waals surface area contributed by atoms with Crippen molar-refractivity contribution in [2.45, 2.75) is 19.9 Å². The molecule has 0 bridgehead atoms. The van der Waals surface area contributed by atoms with Crippen molar-refractivity contribution in [2.24, 2.45) is 0 Å². The van der Waals surface area contributed by atoms with Gasteiger partial charge < -0.3 is 5.32 Å². The quantitative estimate of drug-likeness (QED) is 0.406. The van der Waals surface area contributed by atoms with E-state index in [2.05, 4.69) is 15.6 Å². The monoisotopic (exact) mass is 432 g/mol. The largest absolute Gasteiger partial charge is 0.313 e. The standard InChI is InChI=1S/C25H22FN3OS/c1-16-17(2)31-25(29-24(30)18-10-4-3-5-11-18)22(16)23(19-12-6-7-13-20(19)26)28-21-14-8-9-15-27-21/h3-15,23H,1-2H3,(H,27,28)(H,29,30)/p+1/t23-/m0/s1. The van der Waals surface area contributed by atoms with Crippen LogP contribution in [0.2, 0.25) is 0 Å². The average Bonchev–Trinajstić information content (AvgIpc) is 3.07. The molecule has 2 aromatic heterocycles. The van der Waals surface area contributed by atoms with Crippen LogP contribution in [0.5, 0.6) is 0 Å². The van der Waals surface area contributed by atoms with Gasteiger partial charge in [-0.1, -0.05) is 42.5 Å². The number of benzene rings is 2. The minimum Gasteiger partial charge on any atom is -0.313 e. The maximum absolute atomic E-state index is 14.9. The maximum atomic E-state index is 14.9. The number of thiophene rings is 1. The second kappa shape index (κ2) is 9.10. The topological polar surface area (TPSA) is 55.3 Å². The van der Waals surface area contributed by atoms with Gasteiger partial charge in [0.05, 0.1) is 6.20 Å². The Bertz CT molecular complexity index is 1190. The Balaban J connectivity index is 1.79. The molecule has 156 valence electrons. The van der Waals surface area contributed by atoms with Gasteiger partial charge in [0.15, 0.2) is 6.04 Å². The first kappa shape index (κ1) is 20.8. The van der Waals surface area contributed by atoms with Crippen LogP contribution >= 0.6 is 11.3 Å². The highest BCUT2D eigenvalue weighted by atomic mass is 32.1. The lowest BCUT2D eigenvalue weighted by molar-refractivity contribution is -0.361. The number of hydrogen-bond acceptors (Lipinski definition) is 3. The number of pyridine rings is 1. The Morgan fingerprint density at radius 3 is 2.39 bits per heavy atom. The van der Waals surface area contributed by atoms with Crippen molar-refractivity contribution in [1.82, 2.24) is 0 Å². The number of hydrogen-bond donors (Lipinski definition) is 2. The van der Waals surface area contributed by atoms with Gasteiger partial charge in [0.2, 0.25) is 0 Å². The summed E-state index contributed by atoms with van der Waals surface area (Å²) in [4.78, 5) is 17.1. The lowest BCUT2D eigenvalue weighted by Crippen LogP contribution is -2.21. The van der Waals surface area contributed by atoms with Crippen molar-refractivity contribution >= 4 is 28.1 Å². The van der Waals surface area contributed by atoms with Crippen LogP contribution in [0.4, 0.5) is 15.2 Å². The number of aryl methyl sites for hydroxylation is 1. The van der Waals surface area contributed by atoms with E-state index in [1.165, 1.54) is 17.4 Å². The Morgan fingerprint density at radius 1 is 0.968 bits per heavy atom. The predicted molar refractivity (Wildman–Crippen MR) is 123 cm³/mol. The molecule has 0 saturated heterocycles. The number of aromatic nitrogens is 1. The molecule has 4 nitrogen and oxygen atoms in total. The number of nitrogens with one attached hydrogen (secondary N) is 3. The highest BCUT2D eigenvalue weighted by molar-refractivity contribution is 7.16. The van der Waals surface area contributed by atoms with Crippen molar-refractivity contribution in [3.63, 3.8) is 0 Å². The molecule has 6 heteroatoms. The minimum absolute atomic E-state index is 0.193. The molecule has 31 heavy (non-hydrogen) atoms. The molecular weight excluding hydrogens is 409 g/mol. The fourth-order valence-corrected chi connectivity index (χ4v) is 4.60. The van der Waals surface area contributed by atoms with Gasteiger partial charge >= 0.3 is 0 Å². The Morgan fingerprint density at radius 2 is 1.68 bits per heavy atom. The molecule has 0 saturated carbocycles. The first-order valence-corrected chi connectivity index (χ1v) is 10.8. The minimum atomic E-state index is -0.490. The van der Waals surface area contributed by atoms with Crippen molar-refractivity contribution in [3.05, 3.63) is 112 Å². The van der Waals surface area contributed by atoms with Crippen LogP contribution in [0, 0.1) is 19.7 Å². The summed E-state index contributed by atoms with van der Waals surface area (Å²) >= 11 is 1.50. The van der Waals surface area contributed by atoms with E-state index in [9.17, 15) is 9.18 Å². The van der Waals surface area contributed by atoms with E-state index < -0.39 is 6.04 Å². The second-order valence-electron chi connectivity index (χ2n) is 7.22. The Labute approximate surface area is 184 Å². The lowest BCUT2D eigenvalue weighted by atomic mass is 9.96. The molecule has 0 unspecified atom stereocenters. The molecule has 1 atom stereocenters. The SMILES string of the molecule is Cc1sc(NC(=O)c2ccccc2)c([C@@H](Nc2cccc[nH+]2)c2ccccc2F)c1C. The molecule has 2 aromatic carbocycles. The smallest absolute Gasteiger partial charge is 0.272 e. The summed E-state index contributed by atoms with van der Waals surface area (Å²) in [6.07, 6.45) is 1.81. The van der Waals surface area contributed by atoms with Crippen LogP contribution in [-0.2, 0) is 0 Å². The normalized spacial score (nSPS) is 11.7. The Kier molecular flexibility index (Phi) is 6.09. The summed E-state index contributed by atoms with van der Waals surface area (Å²) in [5.41, 5.74) is 2.96. The third-order valence-corrected chi connectivity index (χ3v) is 6.35. The fourth-order valence-electron chi connectivity index (χ4n) is 3.50. The molecule has 3 N–H and O–H groups in total. The van der Waals surface area contributed by atoms with Crippen molar-refractivity contribution in [3.8, 4) is 0 Å². The van der Waals surface area contributed by atoms with Crippen molar-refractivity contribution in [2.75, 3.05) is 10.6 Å². The van der Waals surface area contributed by atoms with Crippen LogP contribution < -0.4 is 15.6 Å². The Hall–Kier alpha value is -3.51. The number of carbonyl (C=O) groups excluding carboxylic acids is 1. The third kappa shape index (κ3) is 4.49. The zero-order valence-electron chi connectivity index (χ0n) is 17.3. The lowest BCUT2D eigenvalue weighted by Gasteiger charge is -2.18. The van der Waals surface area contributed by atoms with Crippen LogP contribution in [0.25, 0.3) is 0 Å². The first-order valence-electron chi connectivity index (χ1n) is 9.98. The van der Waals surface area contributed by atoms with Crippen LogP contribution in [0.3, 0.4) is 0 Å². The maximum Gasteiger partial charge on any atom is 0.272 e. The second-order valence-corrected chi connectivity index (χ2v) is 8.45. The van der Waals surface area contributed by atoms with E-state index in [1.807, 2.05) is 62.5 Å². The summed E-state index contributed by atoms with van der Waals surface area (Å²) in [6.45, 7) is 4.01. The summed E-state index contributed by atoms with van der Waals surface area (Å²) in [7, 11) is 0. The number of carbonyl (C=O) groups is 1. The van der Waals surface area contributed by atoms with Gasteiger partial charge in [0.1, 0.15) is 10.8 Å². The van der Waals surface area contributed by atoms with E-state index in [-0.39, 0.29) is 11.7 Å². The van der Waals surface area contributed by atoms with Gasteiger partial charge in [-0.25, -0.2) is 9.37 Å². The molecule has 0 aliphatic rings. The summed E-state index contributed by atoms with van der Waals surface area (Å²) in [5, 5.41) is 7.18. The summed E-state index contributed by atoms with van der Waals surface area (Å²) < 4.78 is 14.9. The molecule has 1 amide bonds. The van der Waals surface area contributed by atoms with E-state index in [4.69, 9.17) is 0 Å². The first-order chi connectivity index (χ1) is 15.0. The summed E-state index contributed by atoms with van der Waals surface area (Å²) in [5.74, 6) is 0.250. The molecule has 0 spiro atoms. The van der Waals surface area contributed by atoms with Gasteiger partial charge in [-0.05, 0) is 43.7 Å². The number of halogens is 1. The number of amides is 1. The zero-order chi connectivity index (χ0) is 21.8. The zero-order valence-corrected chi connectivity index (χ0v) is 18.1. The van der Waals surface area contributed by atoms with Gasteiger partial charge in [-0.15, -0.1) is 11.3 Å². The number of rotatable bonds is 6. The van der Waals surface area contributed by atoms with E-state index in [0.717, 1.165) is 21.8 Å². The molecule has 0 aliphatic carbocycles. The van der Waals surface area contributed by atoms with E-state index >= 15 is 0 Å². The number of anilines is 2. The third-order valence-electron chi connectivity index (χ3n) is 5.21. The van der Waals surface area contributed by atoms with Gasteiger partial charge in [-0.2, -0.15) is 0 Å². The van der Waals surface area contributed by atoms with E-state index in [1.54, 1.807) is 24.3 Å². The molecular formula is C25H23FN3OS+. The molecule has 0 fully saturated rings. The van der Waals surface area contributed by atoms with Crippen LogP contribution in [0.15, 0.2) is 79.0 Å². The fraction of sp³-hybridized carbons (Fsp3) is 0.120. The molecule has 0 aliphatic heterocycles. The van der Waals surface area contributed by atoms with Crippen LogP contribution in [-0.4, -0.2) is 5.91 Å². The molecule has 0 radical (unpaired) electrons. The van der Waals surface area contributed by atoms with Gasteiger partial charge in [-0.3, -0.25) is 10.1 Å².